The number of hydrazine groups is 1. The number of nitriles is 1. The van der Waals surface area contributed by atoms with Crippen molar-refractivity contribution in [2.45, 2.75) is 58.5 Å². The van der Waals surface area contributed by atoms with E-state index >= 15 is 0 Å². The quantitative estimate of drug-likeness (QED) is 0.0748. The van der Waals surface area contributed by atoms with E-state index in [1.807, 2.05) is 71.0 Å². The molecule has 1 aromatic heterocycles. The third kappa shape index (κ3) is 12.9. The highest BCUT2D eigenvalue weighted by Crippen LogP contribution is 2.44. The minimum atomic E-state index is -0.545. The van der Waals surface area contributed by atoms with Crippen LogP contribution in [-0.2, 0) is 6.42 Å². The summed E-state index contributed by atoms with van der Waals surface area (Å²) >= 11 is 0. The summed E-state index contributed by atoms with van der Waals surface area (Å²) in [6.45, 7) is 15.8. The van der Waals surface area contributed by atoms with E-state index in [0.29, 0.717) is 53.3 Å². The molecule has 3 aromatic rings. The number of allylic oxidation sites excluding steroid dienone is 2. The second kappa shape index (κ2) is 23.4. The lowest BCUT2D eigenvalue weighted by Crippen LogP contribution is -2.39. The van der Waals surface area contributed by atoms with Crippen LogP contribution in [0.4, 0.5) is 5.82 Å². The van der Waals surface area contributed by atoms with Crippen LogP contribution in [0.5, 0.6) is 0 Å². The zero-order valence-electron chi connectivity index (χ0n) is 32.2. The Morgan fingerprint density at radius 1 is 1.12 bits per heavy atom. The maximum absolute atomic E-state index is 11.4. The first-order valence-corrected chi connectivity index (χ1v) is 17.4. The molecule has 0 radical (unpaired) electrons. The molecule has 0 unspecified atom stereocenters. The van der Waals surface area contributed by atoms with Crippen molar-refractivity contribution in [1.82, 2.24) is 20.6 Å². The first-order valence-electron chi connectivity index (χ1n) is 17.4. The number of anilines is 1. The Morgan fingerprint density at radius 3 is 2.19 bits per heavy atom. The molecule has 278 valence electrons. The Kier molecular flexibility index (Phi) is 20.3. The average molecular weight is 708 g/mol. The summed E-state index contributed by atoms with van der Waals surface area (Å²) in [5, 5.41) is 36.5. The Bertz CT molecular complexity index is 1680. The van der Waals surface area contributed by atoms with E-state index in [0.717, 1.165) is 29.7 Å². The molecule has 2 aliphatic rings. The van der Waals surface area contributed by atoms with Crippen LogP contribution in [0.2, 0.25) is 0 Å². The molecule has 1 aliphatic heterocycles. The number of carbonyl (C=O) groups is 2. The molecule has 1 aliphatic carbocycles. The van der Waals surface area contributed by atoms with Crippen molar-refractivity contribution in [3.8, 4) is 17.3 Å². The molecule has 52 heavy (non-hydrogen) atoms. The van der Waals surface area contributed by atoms with Gasteiger partial charge in [-0.05, 0) is 77.4 Å². The number of nitrogens with one attached hydrogen (secondary N) is 3. The molecule has 0 spiro atoms. The number of ketones is 1. The monoisotopic (exact) mass is 707 g/mol. The largest absolute Gasteiger partial charge is 0.390 e. The zero-order valence-corrected chi connectivity index (χ0v) is 32.2. The van der Waals surface area contributed by atoms with Crippen LogP contribution in [0.3, 0.4) is 0 Å². The van der Waals surface area contributed by atoms with Crippen LogP contribution in [0.1, 0.15) is 83.9 Å². The molecule has 0 atom stereocenters. The lowest BCUT2D eigenvalue weighted by molar-refractivity contribution is -0.0313. The highest BCUT2D eigenvalue weighted by Gasteiger charge is 2.39. The van der Waals surface area contributed by atoms with E-state index < -0.39 is 5.60 Å². The number of aldehydes is 1. The predicted octanol–water partition coefficient (Wildman–Crippen LogP) is 7.13. The zero-order chi connectivity index (χ0) is 39.3. The number of hydrogen-bond acceptors (Lipinski definition) is 10. The minimum Gasteiger partial charge on any atom is -0.390 e. The Balaban J connectivity index is 0.000000534. The summed E-state index contributed by atoms with van der Waals surface area (Å²) in [6.07, 6.45) is 9.59. The van der Waals surface area contributed by atoms with E-state index in [4.69, 9.17) is 10.4 Å². The van der Waals surface area contributed by atoms with Crippen molar-refractivity contribution >= 4 is 24.1 Å². The smallest absolute Gasteiger partial charge is 0.177 e. The van der Waals surface area contributed by atoms with Crippen molar-refractivity contribution in [1.29, 1.82) is 10.7 Å². The minimum absolute atomic E-state index is 0.0646. The van der Waals surface area contributed by atoms with Gasteiger partial charge in [0.25, 0.3) is 0 Å². The van der Waals surface area contributed by atoms with Crippen LogP contribution in [-0.4, -0.2) is 80.3 Å². The van der Waals surface area contributed by atoms with Gasteiger partial charge in [0.05, 0.1) is 36.0 Å². The van der Waals surface area contributed by atoms with Gasteiger partial charge in [-0.2, -0.15) is 5.26 Å². The fourth-order valence-electron chi connectivity index (χ4n) is 5.57. The molecule has 2 heterocycles. The van der Waals surface area contributed by atoms with E-state index in [9.17, 15) is 20.0 Å². The fourth-order valence-corrected chi connectivity index (χ4v) is 5.57. The number of likely N-dealkylation sites (N-methyl/N-ethyl adjacent to an activating group) is 2. The highest BCUT2D eigenvalue weighted by molar-refractivity contribution is 6.03. The maximum Gasteiger partial charge on any atom is 0.177 e. The summed E-state index contributed by atoms with van der Waals surface area (Å²) in [4.78, 5) is 26.9. The molecule has 5 rings (SSSR count). The third-order valence-electron chi connectivity index (χ3n) is 7.79. The number of Topliss-reactive ketones (excluding diaryl/α,β-unsaturated/α-hetero) is 1. The lowest BCUT2D eigenvalue weighted by atomic mass is 9.69. The molecule has 0 saturated heterocycles. The first kappa shape index (κ1) is 45.0. The van der Waals surface area contributed by atoms with Crippen LogP contribution in [0.25, 0.3) is 11.3 Å². The van der Waals surface area contributed by atoms with Gasteiger partial charge in [0, 0.05) is 41.7 Å². The number of benzene rings is 2. The molecule has 0 amide bonds. The van der Waals surface area contributed by atoms with Crippen molar-refractivity contribution in [2.75, 3.05) is 46.3 Å². The van der Waals surface area contributed by atoms with Crippen LogP contribution in [0.15, 0.2) is 91.7 Å². The standard InChI is InChI=1S/C25H27N5O.C10H11NO2.C3H6.C2H7N.C2H6/c1-4-5-20-10-21(14-27)24(30-16-17(13-26)15-29(30)3)28-23(20)19-8-6-18(7-9-19)22-11-25(2,31)12-22;1-11-6-10(13)9-5-3-2-4-8(9)7-12;2*1-3-2;1-2/h4,6-10,14,16,22,27,31H,1,5,11-12,15H2,2-3H3;2-5,7,11H,6H2,1H3;3H,1H2,2H3;3H,1-2H3;1-2H3. The Labute approximate surface area is 311 Å². The van der Waals surface area contributed by atoms with Crippen LogP contribution < -0.4 is 15.6 Å². The molecule has 4 N–H and O–H groups in total. The van der Waals surface area contributed by atoms with Gasteiger partial charge in [-0.15, -0.1) is 13.2 Å². The van der Waals surface area contributed by atoms with Gasteiger partial charge in [-0.3, -0.25) is 14.6 Å². The predicted molar refractivity (Wildman–Crippen MR) is 215 cm³/mol. The van der Waals surface area contributed by atoms with E-state index in [2.05, 4.69) is 54.1 Å². The molecular weight excluding hydrogens is 651 g/mol. The first-order chi connectivity index (χ1) is 25.0. The van der Waals surface area contributed by atoms with Gasteiger partial charge >= 0.3 is 0 Å². The molecule has 1 fully saturated rings. The molecule has 10 nitrogen and oxygen atoms in total. The Morgan fingerprint density at radius 2 is 1.71 bits per heavy atom. The van der Waals surface area contributed by atoms with E-state index in [-0.39, 0.29) is 12.3 Å². The fraction of sp³-hybridized carbons (Fsp3) is 0.357. The number of aromatic nitrogens is 1. The summed E-state index contributed by atoms with van der Waals surface area (Å²) < 4.78 is 0. The number of hydrogen-bond donors (Lipinski definition) is 4. The number of carbonyl (C=O) groups excluding carboxylic acids is 2. The lowest BCUT2D eigenvalue weighted by Gasteiger charge is -2.41. The second-order valence-electron chi connectivity index (χ2n) is 12.3. The molecule has 0 bridgehead atoms. The molecular formula is C42H57N7O3. The maximum atomic E-state index is 11.4. The average Bonchev–Trinajstić information content (AvgIpc) is 3.52. The normalized spacial score (nSPS) is 16.9. The summed E-state index contributed by atoms with van der Waals surface area (Å²) in [6, 6.07) is 19.4. The van der Waals surface area contributed by atoms with Crippen LogP contribution in [0, 0.1) is 16.7 Å². The summed E-state index contributed by atoms with van der Waals surface area (Å²) in [5.74, 6) is 0.961. The number of pyridine rings is 1. The van der Waals surface area contributed by atoms with Gasteiger partial charge in [-0.1, -0.05) is 74.5 Å². The van der Waals surface area contributed by atoms with Gasteiger partial charge in [0.15, 0.2) is 17.9 Å². The van der Waals surface area contributed by atoms with E-state index in [1.165, 1.54) is 11.8 Å². The summed E-state index contributed by atoms with van der Waals surface area (Å²) in [7, 11) is 7.34. The van der Waals surface area contributed by atoms with Crippen molar-refractivity contribution in [3.63, 3.8) is 0 Å². The topological polar surface area (TPSA) is 145 Å². The second-order valence-corrected chi connectivity index (χ2v) is 12.3. The summed E-state index contributed by atoms with van der Waals surface area (Å²) in [5.41, 5.74) is 5.80. The van der Waals surface area contributed by atoms with Gasteiger partial charge in [0.1, 0.15) is 0 Å². The van der Waals surface area contributed by atoms with Crippen molar-refractivity contribution in [3.05, 3.63) is 119 Å². The number of nitrogens with zero attached hydrogens (tertiary/aromatic N) is 4. The van der Waals surface area contributed by atoms with Crippen LogP contribution >= 0.6 is 0 Å². The van der Waals surface area contributed by atoms with Crippen molar-refractivity contribution in [2.24, 2.45) is 0 Å². The molecule has 10 heteroatoms. The Hall–Kier alpha value is -5.05. The van der Waals surface area contributed by atoms with E-state index in [1.54, 1.807) is 43.6 Å². The van der Waals surface area contributed by atoms with Gasteiger partial charge in [0.2, 0.25) is 0 Å². The molecule has 2 aromatic carbocycles. The number of rotatable bonds is 10. The molecule has 1 saturated carbocycles. The highest BCUT2D eigenvalue weighted by atomic mass is 16.3. The third-order valence-corrected chi connectivity index (χ3v) is 7.79. The number of aliphatic hydroxyl groups is 1. The van der Waals surface area contributed by atoms with Gasteiger partial charge < -0.3 is 21.1 Å². The van der Waals surface area contributed by atoms with Crippen molar-refractivity contribution < 1.29 is 14.7 Å². The van der Waals surface area contributed by atoms with Gasteiger partial charge in [-0.25, -0.2) is 9.99 Å². The SMILES string of the molecule is C=CC.C=CCc1cc(C=N)c(N2C=C(C#N)CN2C)nc1-c1ccc(C2CC(C)(O)C2)cc1.CC.CNC.CNCC(=O)c1ccccc1C=O.